The molecule has 10 atom stereocenters. The molecule has 4 saturated carbocycles. The first-order valence-electron chi connectivity index (χ1n) is 13.8. The second kappa shape index (κ2) is 9.88. The van der Waals surface area contributed by atoms with E-state index in [2.05, 4.69) is 20.8 Å². The van der Waals surface area contributed by atoms with Gasteiger partial charge in [-0.05, 0) is 104 Å². The van der Waals surface area contributed by atoms with Crippen molar-refractivity contribution in [3.8, 4) is 0 Å². The molecule has 4 fully saturated rings. The van der Waals surface area contributed by atoms with Crippen LogP contribution in [0, 0.1) is 46.3 Å². The molecular weight excluding hydrogens is 466 g/mol. The molecule has 0 aromatic heterocycles. The minimum absolute atomic E-state index is 0.00611. The summed E-state index contributed by atoms with van der Waals surface area (Å²) >= 11 is 0. The van der Waals surface area contributed by atoms with Crippen LogP contribution in [0.2, 0.25) is 0 Å². The highest BCUT2D eigenvalue weighted by molar-refractivity contribution is 7.85. The van der Waals surface area contributed by atoms with Gasteiger partial charge in [0.25, 0.3) is 10.1 Å². The standard InChI is InChI=1S/C27H47NO6S/c1-17(5-10-25(31)28(4)13-14-35(32,33)34)21-8-9-22-20-7-6-18-15-19(29)11-12-26(18,2)23(20)16-24(30)27(21,22)3/h17-24,29-30H,5-16H2,1-4H3,(H,32,33,34)/t17-,18?,19-,20+,21-,22+,23+,24+,26+,27-/m1/s1. The summed E-state index contributed by atoms with van der Waals surface area (Å²) in [6.45, 7) is 6.96. The molecule has 0 bridgehead atoms. The monoisotopic (exact) mass is 513 g/mol. The van der Waals surface area contributed by atoms with E-state index in [1.165, 1.54) is 17.7 Å². The molecule has 4 aliphatic carbocycles. The molecule has 0 radical (unpaired) electrons. The fourth-order valence-electron chi connectivity index (χ4n) is 9.28. The van der Waals surface area contributed by atoms with Gasteiger partial charge in [-0.25, -0.2) is 0 Å². The number of amides is 1. The molecular formula is C27H47NO6S. The SMILES string of the molecule is C[C@H](CCC(=O)N(C)CCS(=O)(=O)O)[C@H]1CC[C@H]2[C@@H]3CCC4C[C@H](O)CC[C@]4(C)[C@H]3C[C@H](O)[C@]12C. The summed E-state index contributed by atoms with van der Waals surface area (Å²) in [5.74, 6) is 2.39. The molecule has 7 nitrogen and oxygen atoms in total. The maximum absolute atomic E-state index is 12.6. The molecule has 4 rings (SSSR count). The highest BCUT2D eigenvalue weighted by Gasteiger charge is 2.63. The van der Waals surface area contributed by atoms with Crippen molar-refractivity contribution in [1.29, 1.82) is 0 Å². The third-order valence-corrected chi connectivity index (χ3v) is 12.1. The predicted octanol–water partition coefficient (Wildman–Crippen LogP) is 3.74. The van der Waals surface area contributed by atoms with Crippen LogP contribution in [-0.2, 0) is 14.9 Å². The summed E-state index contributed by atoms with van der Waals surface area (Å²) < 4.78 is 30.9. The average molecular weight is 514 g/mol. The lowest BCUT2D eigenvalue weighted by molar-refractivity contribution is -0.175. The molecule has 0 spiro atoms. The zero-order chi connectivity index (χ0) is 25.8. The van der Waals surface area contributed by atoms with Crippen LogP contribution < -0.4 is 0 Å². The molecule has 0 saturated heterocycles. The third-order valence-electron chi connectivity index (χ3n) is 11.4. The highest BCUT2D eigenvalue weighted by atomic mass is 32.2. The van der Waals surface area contributed by atoms with Gasteiger partial charge in [-0.2, -0.15) is 8.42 Å². The van der Waals surface area contributed by atoms with Crippen molar-refractivity contribution in [2.75, 3.05) is 19.3 Å². The Hall–Kier alpha value is -0.700. The summed E-state index contributed by atoms with van der Waals surface area (Å²) in [6, 6.07) is 0. The lowest BCUT2D eigenvalue weighted by atomic mass is 9.43. The molecule has 0 aromatic rings. The Morgan fingerprint density at radius 3 is 2.46 bits per heavy atom. The predicted molar refractivity (Wildman–Crippen MR) is 135 cm³/mol. The van der Waals surface area contributed by atoms with Crippen molar-refractivity contribution in [2.24, 2.45) is 46.3 Å². The first kappa shape index (κ1) is 27.3. The van der Waals surface area contributed by atoms with Crippen molar-refractivity contribution < 1.29 is 28.0 Å². The van der Waals surface area contributed by atoms with E-state index < -0.39 is 15.9 Å². The van der Waals surface area contributed by atoms with Gasteiger partial charge in [-0.3, -0.25) is 9.35 Å². The first-order chi connectivity index (χ1) is 16.3. The number of fused-ring (bicyclic) bond motifs is 5. The minimum Gasteiger partial charge on any atom is -0.393 e. The van der Waals surface area contributed by atoms with Crippen molar-refractivity contribution >= 4 is 16.0 Å². The molecule has 1 unspecified atom stereocenters. The summed E-state index contributed by atoms with van der Waals surface area (Å²) in [5, 5.41) is 21.9. The molecule has 0 aromatic carbocycles. The zero-order valence-corrected chi connectivity index (χ0v) is 22.8. The number of nitrogens with zero attached hydrogens (tertiary/aromatic N) is 1. The van der Waals surface area contributed by atoms with Crippen LogP contribution in [0.4, 0.5) is 0 Å². The van der Waals surface area contributed by atoms with Crippen LogP contribution in [0.5, 0.6) is 0 Å². The van der Waals surface area contributed by atoms with Crippen LogP contribution in [0.25, 0.3) is 0 Å². The number of carbonyl (C=O) groups is 1. The summed E-state index contributed by atoms with van der Waals surface area (Å²) in [6.07, 6.45) is 8.98. The third kappa shape index (κ3) is 5.06. The molecule has 1 amide bonds. The Kier molecular flexibility index (Phi) is 7.72. The number of carbonyl (C=O) groups excluding carboxylic acids is 1. The fourth-order valence-corrected chi connectivity index (χ4v) is 9.78. The maximum Gasteiger partial charge on any atom is 0.266 e. The molecule has 3 N–H and O–H groups in total. The van der Waals surface area contributed by atoms with Crippen LogP contribution in [0.15, 0.2) is 0 Å². The lowest BCUT2D eigenvalue weighted by Gasteiger charge is -2.62. The highest BCUT2D eigenvalue weighted by Crippen LogP contribution is 2.68. The molecule has 8 heteroatoms. The lowest BCUT2D eigenvalue weighted by Crippen LogP contribution is -2.58. The van der Waals surface area contributed by atoms with E-state index in [1.54, 1.807) is 7.05 Å². The zero-order valence-electron chi connectivity index (χ0n) is 22.0. The Balaban J connectivity index is 1.41. The van der Waals surface area contributed by atoms with E-state index in [-0.39, 0.29) is 35.5 Å². The Bertz CT molecular complexity index is 894. The molecule has 35 heavy (non-hydrogen) atoms. The van der Waals surface area contributed by atoms with Crippen LogP contribution in [-0.4, -0.2) is 65.5 Å². The van der Waals surface area contributed by atoms with Crippen LogP contribution in [0.1, 0.15) is 85.0 Å². The number of aliphatic hydroxyl groups is 2. The van der Waals surface area contributed by atoms with E-state index >= 15 is 0 Å². The van der Waals surface area contributed by atoms with E-state index in [4.69, 9.17) is 4.55 Å². The fraction of sp³-hybridized carbons (Fsp3) is 0.963. The van der Waals surface area contributed by atoms with Crippen molar-refractivity contribution in [2.45, 2.75) is 97.2 Å². The minimum atomic E-state index is -4.08. The van der Waals surface area contributed by atoms with Gasteiger partial charge in [0.15, 0.2) is 0 Å². The summed E-state index contributed by atoms with van der Waals surface area (Å²) in [7, 11) is -2.50. The van der Waals surface area contributed by atoms with Crippen molar-refractivity contribution in [1.82, 2.24) is 4.90 Å². The van der Waals surface area contributed by atoms with Crippen molar-refractivity contribution in [3.63, 3.8) is 0 Å². The Morgan fingerprint density at radius 2 is 1.77 bits per heavy atom. The second-order valence-corrected chi connectivity index (χ2v) is 14.6. The van der Waals surface area contributed by atoms with Gasteiger partial charge in [0, 0.05) is 20.0 Å². The molecule has 4 aliphatic rings. The summed E-state index contributed by atoms with van der Waals surface area (Å²) in [4.78, 5) is 14.0. The van der Waals surface area contributed by atoms with Gasteiger partial charge in [0.2, 0.25) is 5.91 Å². The van der Waals surface area contributed by atoms with E-state index in [0.717, 1.165) is 44.9 Å². The number of hydrogen-bond donors (Lipinski definition) is 3. The smallest absolute Gasteiger partial charge is 0.266 e. The van der Waals surface area contributed by atoms with Gasteiger partial charge in [0.05, 0.1) is 18.0 Å². The van der Waals surface area contributed by atoms with Crippen LogP contribution in [0.3, 0.4) is 0 Å². The van der Waals surface area contributed by atoms with Gasteiger partial charge >= 0.3 is 0 Å². The molecule has 202 valence electrons. The topological polar surface area (TPSA) is 115 Å². The second-order valence-electron chi connectivity index (χ2n) is 13.0. The van der Waals surface area contributed by atoms with Gasteiger partial charge in [-0.15, -0.1) is 0 Å². The summed E-state index contributed by atoms with van der Waals surface area (Å²) in [5.41, 5.74) is 0.102. The van der Waals surface area contributed by atoms with E-state index in [0.29, 0.717) is 41.9 Å². The number of rotatable bonds is 7. The molecule has 0 aliphatic heterocycles. The number of aliphatic hydroxyl groups excluding tert-OH is 2. The van der Waals surface area contributed by atoms with E-state index in [9.17, 15) is 23.4 Å². The first-order valence-corrected chi connectivity index (χ1v) is 15.4. The average Bonchev–Trinajstić information content (AvgIpc) is 3.15. The van der Waals surface area contributed by atoms with Gasteiger partial charge in [-0.1, -0.05) is 20.8 Å². The Labute approximate surface area is 211 Å². The van der Waals surface area contributed by atoms with Gasteiger partial charge in [0.1, 0.15) is 0 Å². The number of hydrogen-bond acceptors (Lipinski definition) is 5. The van der Waals surface area contributed by atoms with E-state index in [1.807, 2.05) is 0 Å². The Morgan fingerprint density at radius 1 is 1.06 bits per heavy atom. The van der Waals surface area contributed by atoms with Gasteiger partial charge < -0.3 is 15.1 Å². The quantitative estimate of drug-likeness (QED) is 0.447. The normalized spacial score (nSPS) is 44.1. The molecule has 0 heterocycles. The maximum atomic E-state index is 12.6. The van der Waals surface area contributed by atoms with Crippen LogP contribution >= 0.6 is 0 Å². The largest absolute Gasteiger partial charge is 0.393 e. The van der Waals surface area contributed by atoms with Crippen molar-refractivity contribution in [3.05, 3.63) is 0 Å².